The zero-order valence-corrected chi connectivity index (χ0v) is 17.9. The van der Waals surface area contributed by atoms with Crippen LogP contribution in [0.5, 0.6) is 0 Å². The topological polar surface area (TPSA) is 69.8 Å². The number of carbonyl (C=O) groups is 1. The second-order valence-electron chi connectivity index (χ2n) is 7.44. The molecule has 0 saturated carbocycles. The van der Waals surface area contributed by atoms with Gasteiger partial charge >= 0.3 is 6.09 Å². The zero-order chi connectivity index (χ0) is 19.5. The van der Waals surface area contributed by atoms with Crippen LogP contribution in [0.25, 0.3) is 0 Å². The van der Waals surface area contributed by atoms with Gasteiger partial charge < -0.3 is 15.7 Å². The summed E-state index contributed by atoms with van der Waals surface area (Å²) < 4.78 is 0.835. The Hall–Kier alpha value is -1.11. The summed E-state index contributed by atoms with van der Waals surface area (Å²) in [7, 11) is 0. The van der Waals surface area contributed by atoms with E-state index < -0.39 is 6.09 Å². The number of amides is 1. The van der Waals surface area contributed by atoms with Crippen LogP contribution in [-0.4, -0.2) is 48.3 Å². The van der Waals surface area contributed by atoms with Gasteiger partial charge in [0.1, 0.15) is 0 Å². The molecule has 0 unspecified atom stereocenters. The summed E-state index contributed by atoms with van der Waals surface area (Å²) in [5, 5.41) is 9.73. The molecule has 27 heavy (non-hydrogen) atoms. The lowest BCUT2D eigenvalue weighted by atomic mass is 10.0. The van der Waals surface area contributed by atoms with Gasteiger partial charge in [-0.3, -0.25) is 4.90 Å². The van der Waals surface area contributed by atoms with Gasteiger partial charge in [0.2, 0.25) is 0 Å². The Kier molecular flexibility index (Phi) is 10.2. The van der Waals surface area contributed by atoms with Crippen molar-refractivity contribution in [3.05, 3.63) is 28.7 Å². The number of likely N-dealkylation sites (tertiary alicyclic amines) is 1. The largest absolute Gasteiger partial charge is 0.465 e. The molecule has 1 aliphatic rings. The minimum atomic E-state index is -0.866. The predicted molar refractivity (Wildman–Crippen MR) is 115 cm³/mol. The van der Waals surface area contributed by atoms with Gasteiger partial charge in [-0.1, -0.05) is 44.2 Å². The van der Waals surface area contributed by atoms with Crippen molar-refractivity contribution in [2.75, 3.05) is 31.1 Å². The van der Waals surface area contributed by atoms with Crippen molar-refractivity contribution in [1.82, 2.24) is 4.90 Å². The first kappa shape index (κ1) is 22.2. The molecule has 0 radical (unpaired) electrons. The highest BCUT2D eigenvalue weighted by atomic mass is 79.9. The van der Waals surface area contributed by atoms with Crippen LogP contribution in [0.3, 0.4) is 0 Å². The smallest absolute Gasteiger partial charge is 0.412 e. The Labute approximate surface area is 172 Å². The first-order chi connectivity index (χ1) is 13.1. The average Bonchev–Trinajstić information content (AvgIpc) is 2.66. The Morgan fingerprint density at radius 3 is 2.26 bits per heavy atom. The van der Waals surface area contributed by atoms with Crippen molar-refractivity contribution in [2.45, 2.75) is 63.8 Å². The molecule has 0 aliphatic carbocycles. The maximum absolute atomic E-state index is 11.9. The highest BCUT2D eigenvalue weighted by Gasteiger charge is 2.29. The minimum absolute atomic E-state index is 0.0556. The van der Waals surface area contributed by atoms with Crippen LogP contribution < -0.4 is 10.6 Å². The molecule has 1 aromatic carbocycles. The number of carboxylic acid groups (broad SMARTS) is 1. The highest BCUT2D eigenvalue weighted by Crippen LogP contribution is 2.30. The van der Waals surface area contributed by atoms with Gasteiger partial charge in [0.25, 0.3) is 0 Å². The van der Waals surface area contributed by atoms with Gasteiger partial charge in [0.15, 0.2) is 0 Å². The van der Waals surface area contributed by atoms with Gasteiger partial charge in [-0.25, -0.2) is 4.79 Å². The third-order valence-electron chi connectivity index (χ3n) is 5.42. The van der Waals surface area contributed by atoms with E-state index in [0.29, 0.717) is 0 Å². The molecule has 0 atom stereocenters. The summed E-state index contributed by atoms with van der Waals surface area (Å²) in [6, 6.07) is 7.63. The molecule has 1 fully saturated rings. The standard InChI is InChI=1S/C21H34BrN3O2/c22-19-10-6-7-11-20(19)25(21(26)27)18-12-16-24(17-13-18)15-9-5-3-1-2-4-8-14-23/h6-7,10-11,18H,1-5,8-9,12-17,23H2,(H,26,27). The Balaban J connectivity index is 1.69. The molecule has 1 amide bonds. The van der Waals surface area contributed by atoms with E-state index in [0.717, 1.165) is 55.6 Å². The van der Waals surface area contributed by atoms with Gasteiger partial charge in [0, 0.05) is 23.6 Å². The van der Waals surface area contributed by atoms with E-state index in [1.54, 1.807) is 4.90 Å². The lowest BCUT2D eigenvalue weighted by Gasteiger charge is -2.37. The maximum Gasteiger partial charge on any atom is 0.412 e. The van der Waals surface area contributed by atoms with Crippen molar-refractivity contribution in [2.24, 2.45) is 5.73 Å². The minimum Gasteiger partial charge on any atom is -0.465 e. The third kappa shape index (κ3) is 7.43. The number of unbranched alkanes of at least 4 members (excludes halogenated alkanes) is 6. The van der Waals surface area contributed by atoms with Crippen molar-refractivity contribution in [3.8, 4) is 0 Å². The van der Waals surface area contributed by atoms with Crippen LogP contribution in [0.4, 0.5) is 10.5 Å². The Morgan fingerprint density at radius 1 is 1.07 bits per heavy atom. The first-order valence-electron chi connectivity index (χ1n) is 10.3. The summed E-state index contributed by atoms with van der Waals surface area (Å²) in [6.45, 7) is 3.92. The molecule has 1 aliphatic heterocycles. The number of para-hydroxylation sites is 1. The van der Waals surface area contributed by atoms with E-state index in [2.05, 4.69) is 20.8 Å². The van der Waals surface area contributed by atoms with E-state index in [9.17, 15) is 9.90 Å². The number of piperidine rings is 1. The quantitative estimate of drug-likeness (QED) is 0.471. The maximum atomic E-state index is 11.9. The molecule has 152 valence electrons. The van der Waals surface area contributed by atoms with Crippen molar-refractivity contribution in [3.63, 3.8) is 0 Å². The number of rotatable bonds is 11. The van der Waals surface area contributed by atoms with Crippen LogP contribution >= 0.6 is 15.9 Å². The molecule has 0 bridgehead atoms. The lowest BCUT2D eigenvalue weighted by molar-refractivity contribution is 0.180. The Morgan fingerprint density at radius 2 is 1.67 bits per heavy atom. The third-order valence-corrected chi connectivity index (χ3v) is 6.09. The number of hydrogen-bond donors (Lipinski definition) is 2. The Bertz CT molecular complexity index is 562. The number of anilines is 1. The van der Waals surface area contributed by atoms with Crippen LogP contribution in [-0.2, 0) is 0 Å². The van der Waals surface area contributed by atoms with Crippen LogP contribution in [0, 0.1) is 0 Å². The van der Waals surface area contributed by atoms with Crippen molar-refractivity contribution >= 4 is 27.7 Å². The summed E-state index contributed by atoms with van der Waals surface area (Å²) in [4.78, 5) is 15.9. The number of nitrogens with two attached hydrogens (primary N) is 1. The molecular formula is C21H34BrN3O2. The van der Waals surface area contributed by atoms with Gasteiger partial charge in [-0.2, -0.15) is 0 Å². The average molecular weight is 440 g/mol. The molecular weight excluding hydrogens is 406 g/mol. The van der Waals surface area contributed by atoms with E-state index in [4.69, 9.17) is 5.73 Å². The SMILES string of the molecule is NCCCCCCCCCN1CCC(N(C(=O)O)c2ccccc2Br)CC1. The number of benzene rings is 1. The van der Waals surface area contributed by atoms with Crippen molar-refractivity contribution < 1.29 is 9.90 Å². The fourth-order valence-corrected chi connectivity index (χ4v) is 4.34. The second kappa shape index (κ2) is 12.4. The van der Waals surface area contributed by atoms with Crippen LogP contribution in [0.15, 0.2) is 28.7 Å². The molecule has 5 nitrogen and oxygen atoms in total. The summed E-state index contributed by atoms with van der Waals surface area (Å²) in [5.41, 5.74) is 6.26. The van der Waals surface area contributed by atoms with E-state index in [1.807, 2.05) is 24.3 Å². The number of halogens is 1. The van der Waals surface area contributed by atoms with Gasteiger partial charge in [-0.15, -0.1) is 0 Å². The first-order valence-corrected chi connectivity index (χ1v) is 11.1. The second-order valence-corrected chi connectivity index (χ2v) is 8.29. The molecule has 0 spiro atoms. The molecule has 0 aromatic heterocycles. The highest BCUT2D eigenvalue weighted by molar-refractivity contribution is 9.10. The van der Waals surface area contributed by atoms with Crippen LogP contribution in [0.1, 0.15) is 57.8 Å². The number of hydrogen-bond acceptors (Lipinski definition) is 3. The van der Waals surface area contributed by atoms with Crippen LogP contribution in [0.2, 0.25) is 0 Å². The zero-order valence-electron chi connectivity index (χ0n) is 16.3. The number of nitrogens with zero attached hydrogens (tertiary/aromatic N) is 2. The molecule has 1 saturated heterocycles. The van der Waals surface area contributed by atoms with Gasteiger partial charge in [0.05, 0.1) is 5.69 Å². The fraction of sp³-hybridized carbons (Fsp3) is 0.667. The van der Waals surface area contributed by atoms with E-state index >= 15 is 0 Å². The van der Waals surface area contributed by atoms with Crippen molar-refractivity contribution in [1.29, 1.82) is 0 Å². The molecule has 6 heteroatoms. The summed E-state index contributed by atoms with van der Waals surface area (Å²) >= 11 is 3.49. The molecule has 1 aromatic rings. The summed E-state index contributed by atoms with van der Waals surface area (Å²) in [5.74, 6) is 0. The van der Waals surface area contributed by atoms with E-state index in [1.165, 1.54) is 38.5 Å². The fourth-order valence-electron chi connectivity index (χ4n) is 3.87. The normalized spacial score (nSPS) is 15.8. The van der Waals surface area contributed by atoms with E-state index in [-0.39, 0.29) is 6.04 Å². The van der Waals surface area contributed by atoms with Gasteiger partial charge in [-0.05, 0) is 66.8 Å². The molecule has 1 heterocycles. The molecule has 2 rings (SSSR count). The molecule has 3 N–H and O–H groups in total. The lowest BCUT2D eigenvalue weighted by Crippen LogP contribution is -2.47. The summed E-state index contributed by atoms with van der Waals surface area (Å²) in [6.07, 6.45) is 9.83. The monoisotopic (exact) mass is 439 g/mol. The predicted octanol–water partition coefficient (Wildman–Crippen LogP) is 5.09.